The van der Waals surface area contributed by atoms with Gasteiger partial charge in [-0.3, -0.25) is 0 Å². The average Bonchev–Trinajstić information content (AvgIpc) is 2.29. The summed E-state index contributed by atoms with van der Waals surface area (Å²) in [6.07, 6.45) is 2.03. The fraction of sp³-hybridized carbons (Fsp3) is 0.364. The fourth-order valence-corrected chi connectivity index (χ4v) is 1.30. The van der Waals surface area contributed by atoms with E-state index in [9.17, 15) is 4.79 Å². The number of rotatable bonds is 5. The average molecular weight is 226 g/mol. The zero-order chi connectivity index (χ0) is 11.1. The molecule has 3 nitrogen and oxygen atoms in total. The molecule has 0 N–H and O–H groups in total. The fourth-order valence-electron chi connectivity index (χ4n) is 1.05. The summed E-state index contributed by atoms with van der Waals surface area (Å²) in [6.45, 7) is 0.679. The van der Waals surface area contributed by atoms with Crippen molar-refractivity contribution in [1.82, 2.24) is 0 Å². The van der Waals surface area contributed by atoms with E-state index in [1.807, 2.05) is 6.26 Å². The van der Waals surface area contributed by atoms with E-state index >= 15 is 0 Å². The zero-order valence-electron chi connectivity index (χ0n) is 8.86. The van der Waals surface area contributed by atoms with Crippen LogP contribution >= 0.6 is 11.8 Å². The topological polar surface area (TPSA) is 35.5 Å². The van der Waals surface area contributed by atoms with E-state index in [4.69, 9.17) is 4.74 Å². The Bertz CT molecular complexity index is 308. The highest BCUT2D eigenvalue weighted by molar-refractivity contribution is 7.98. The molecule has 0 aliphatic heterocycles. The van der Waals surface area contributed by atoms with Crippen molar-refractivity contribution in [2.75, 3.05) is 25.7 Å². The first-order valence-electron chi connectivity index (χ1n) is 4.58. The maximum absolute atomic E-state index is 11.1. The lowest BCUT2D eigenvalue weighted by atomic mass is 10.2. The predicted molar refractivity (Wildman–Crippen MR) is 61.7 cm³/mol. The Kier molecular flexibility index (Phi) is 5.04. The number of ether oxygens (including phenoxy) is 2. The molecule has 1 aromatic rings. The van der Waals surface area contributed by atoms with Gasteiger partial charge in [0.1, 0.15) is 5.75 Å². The Hall–Kier alpha value is -1.16. The van der Waals surface area contributed by atoms with E-state index in [0.29, 0.717) is 12.2 Å². The van der Waals surface area contributed by atoms with Crippen molar-refractivity contribution in [3.05, 3.63) is 29.8 Å². The predicted octanol–water partition coefficient (Wildman–Crippen LogP) is 2.21. The Morgan fingerprint density at radius 3 is 2.53 bits per heavy atom. The lowest BCUT2D eigenvalue weighted by molar-refractivity contribution is 0.0600. The zero-order valence-corrected chi connectivity index (χ0v) is 9.67. The van der Waals surface area contributed by atoms with Gasteiger partial charge in [0, 0.05) is 5.75 Å². The molecule has 0 fully saturated rings. The van der Waals surface area contributed by atoms with E-state index in [-0.39, 0.29) is 5.97 Å². The minimum absolute atomic E-state index is 0.328. The van der Waals surface area contributed by atoms with Crippen LogP contribution in [0.2, 0.25) is 0 Å². The molecule has 0 bridgehead atoms. The number of carbonyl (C=O) groups excluding carboxylic acids is 1. The second kappa shape index (κ2) is 6.35. The molecule has 0 aliphatic rings. The van der Waals surface area contributed by atoms with Crippen LogP contribution in [0, 0.1) is 0 Å². The number of hydrogen-bond donors (Lipinski definition) is 0. The largest absolute Gasteiger partial charge is 0.493 e. The summed E-state index contributed by atoms with van der Waals surface area (Å²) in [7, 11) is 1.37. The Labute approximate surface area is 93.8 Å². The summed E-state index contributed by atoms with van der Waals surface area (Å²) in [6, 6.07) is 6.93. The van der Waals surface area contributed by atoms with E-state index in [1.54, 1.807) is 36.0 Å². The highest BCUT2D eigenvalue weighted by atomic mass is 32.2. The van der Waals surface area contributed by atoms with Gasteiger partial charge in [-0.1, -0.05) is 0 Å². The van der Waals surface area contributed by atoms with E-state index in [1.165, 1.54) is 7.11 Å². The van der Waals surface area contributed by atoms with Gasteiger partial charge in [-0.05, 0) is 30.5 Å². The molecule has 15 heavy (non-hydrogen) atoms. The van der Waals surface area contributed by atoms with Crippen LogP contribution in [-0.4, -0.2) is 31.7 Å². The third-order valence-electron chi connectivity index (χ3n) is 1.83. The third kappa shape index (κ3) is 3.83. The van der Waals surface area contributed by atoms with Gasteiger partial charge in [0.05, 0.1) is 19.3 Å². The van der Waals surface area contributed by atoms with Crippen LogP contribution in [-0.2, 0) is 4.74 Å². The SMILES string of the molecule is COC(=O)c1ccc(OCCSC)cc1. The van der Waals surface area contributed by atoms with Crippen LogP contribution in [0.5, 0.6) is 5.75 Å². The number of hydrogen-bond acceptors (Lipinski definition) is 4. The molecule has 0 aromatic heterocycles. The number of benzene rings is 1. The number of methoxy groups -OCH3 is 1. The van der Waals surface area contributed by atoms with Crippen LogP contribution < -0.4 is 4.74 Å². The molecule has 4 heteroatoms. The van der Waals surface area contributed by atoms with Crippen molar-refractivity contribution in [1.29, 1.82) is 0 Å². The standard InChI is InChI=1S/C11H14O3S/c1-13-11(12)9-3-5-10(6-4-9)14-7-8-15-2/h3-6H,7-8H2,1-2H3. The molecule has 0 spiro atoms. The molecule has 0 amide bonds. The molecular weight excluding hydrogens is 212 g/mol. The van der Waals surface area contributed by atoms with Crippen LogP contribution in [0.4, 0.5) is 0 Å². The Morgan fingerprint density at radius 1 is 1.33 bits per heavy atom. The van der Waals surface area contributed by atoms with E-state index in [2.05, 4.69) is 4.74 Å². The monoisotopic (exact) mass is 226 g/mol. The lowest BCUT2D eigenvalue weighted by Crippen LogP contribution is -2.02. The molecule has 0 radical (unpaired) electrons. The lowest BCUT2D eigenvalue weighted by Gasteiger charge is -2.05. The van der Waals surface area contributed by atoms with Gasteiger partial charge in [-0.25, -0.2) is 4.79 Å². The maximum Gasteiger partial charge on any atom is 0.337 e. The first kappa shape index (κ1) is 11.9. The van der Waals surface area contributed by atoms with Gasteiger partial charge < -0.3 is 9.47 Å². The molecular formula is C11H14O3S. The minimum atomic E-state index is -0.328. The van der Waals surface area contributed by atoms with Crippen LogP contribution in [0.15, 0.2) is 24.3 Å². The van der Waals surface area contributed by atoms with Crippen molar-refractivity contribution in [3.63, 3.8) is 0 Å². The van der Waals surface area contributed by atoms with Crippen LogP contribution in [0.3, 0.4) is 0 Å². The molecule has 0 heterocycles. The summed E-state index contributed by atoms with van der Waals surface area (Å²) in [5.41, 5.74) is 0.537. The molecule has 0 atom stereocenters. The molecule has 1 rings (SSSR count). The van der Waals surface area contributed by atoms with Crippen LogP contribution in [0.25, 0.3) is 0 Å². The van der Waals surface area contributed by atoms with E-state index in [0.717, 1.165) is 11.5 Å². The van der Waals surface area contributed by atoms with Gasteiger partial charge in [-0.15, -0.1) is 0 Å². The first-order valence-corrected chi connectivity index (χ1v) is 5.97. The number of thioether (sulfide) groups is 1. The number of esters is 1. The smallest absolute Gasteiger partial charge is 0.337 e. The Morgan fingerprint density at radius 2 is 2.00 bits per heavy atom. The van der Waals surface area contributed by atoms with Gasteiger partial charge in [-0.2, -0.15) is 11.8 Å². The van der Waals surface area contributed by atoms with Crippen molar-refractivity contribution >= 4 is 17.7 Å². The van der Waals surface area contributed by atoms with Gasteiger partial charge >= 0.3 is 5.97 Å². The molecule has 82 valence electrons. The second-order valence-electron chi connectivity index (χ2n) is 2.86. The molecule has 1 aromatic carbocycles. The molecule has 0 saturated heterocycles. The van der Waals surface area contributed by atoms with E-state index < -0.39 is 0 Å². The summed E-state index contributed by atoms with van der Waals surface area (Å²) < 4.78 is 10.0. The summed E-state index contributed by atoms with van der Waals surface area (Å²) >= 11 is 1.73. The van der Waals surface area contributed by atoms with Crippen molar-refractivity contribution in [2.24, 2.45) is 0 Å². The summed E-state index contributed by atoms with van der Waals surface area (Å²) in [4.78, 5) is 11.1. The van der Waals surface area contributed by atoms with Crippen molar-refractivity contribution < 1.29 is 14.3 Å². The maximum atomic E-state index is 11.1. The number of carbonyl (C=O) groups is 1. The third-order valence-corrected chi connectivity index (χ3v) is 2.41. The molecule has 0 aliphatic carbocycles. The van der Waals surface area contributed by atoms with Crippen molar-refractivity contribution in [3.8, 4) is 5.75 Å². The molecule has 0 unspecified atom stereocenters. The highest BCUT2D eigenvalue weighted by Gasteiger charge is 2.04. The highest BCUT2D eigenvalue weighted by Crippen LogP contribution is 2.13. The summed E-state index contributed by atoms with van der Waals surface area (Å²) in [5.74, 6) is 1.40. The quantitative estimate of drug-likeness (QED) is 0.569. The van der Waals surface area contributed by atoms with Gasteiger partial charge in [0.25, 0.3) is 0 Å². The van der Waals surface area contributed by atoms with Crippen LogP contribution in [0.1, 0.15) is 10.4 Å². The normalized spacial score (nSPS) is 9.73. The van der Waals surface area contributed by atoms with Gasteiger partial charge in [0.15, 0.2) is 0 Å². The second-order valence-corrected chi connectivity index (χ2v) is 3.84. The van der Waals surface area contributed by atoms with Gasteiger partial charge in [0.2, 0.25) is 0 Å². The van der Waals surface area contributed by atoms with Crippen molar-refractivity contribution in [2.45, 2.75) is 0 Å². The molecule has 0 saturated carbocycles. The minimum Gasteiger partial charge on any atom is -0.493 e. The first-order chi connectivity index (χ1) is 7.27. The summed E-state index contributed by atoms with van der Waals surface area (Å²) in [5, 5.41) is 0. The Balaban J connectivity index is 2.52.